The molecule has 5 heteroatoms. The molecule has 1 unspecified atom stereocenters. The molecule has 5 aliphatic carbocycles. The Balaban J connectivity index is 1.62. The van der Waals surface area contributed by atoms with Crippen LogP contribution in [0.2, 0.25) is 0 Å². The monoisotopic (exact) mass is 458 g/mol. The summed E-state index contributed by atoms with van der Waals surface area (Å²) in [6, 6.07) is 0. The molecule has 0 radical (unpaired) electrons. The number of fused-ring (bicyclic) bond motifs is 3. The summed E-state index contributed by atoms with van der Waals surface area (Å²) in [4.78, 5) is 14.0. The van der Waals surface area contributed by atoms with Gasteiger partial charge >= 0.3 is 0 Å². The van der Waals surface area contributed by atoms with Crippen molar-refractivity contribution in [3.05, 3.63) is 23.3 Å². The van der Waals surface area contributed by atoms with E-state index in [1.807, 2.05) is 13.0 Å². The van der Waals surface area contributed by atoms with Crippen molar-refractivity contribution in [1.82, 2.24) is 0 Å². The zero-order valence-electron chi connectivity index (χ0n) is 20.8. The second kappa shape index (κ2) is 7.25. The van der Waals surface area contributed by atoms with Gasteiger partial charge in [-0.2, -0.15) is 0 Å². The maximum atomic E-state index is 14.0. The third-order valence-corrected chi connectivity index (χ3v) is 11.4. The van der Waals surface area contributed by atoms with E-state index in [0.717, 1.165) is 19.3 Å². The molecule has 0 bridgehead atoms. The van der Waals surface area contributed by atoms with Crippen LogP contribution < -0.4 is 0 Å². The molecule has 3 fully saturated rings. The Labute approximate surface area is 198 Å². The fraction of sp³-hybridized carbons (Fsp3) is 0.821. The van der Waals surface area contributed by atoms with Crippen LogP contribution in [-0.2, 0) is 4.79 Å². The molecule has 0 aromatic rings. The minimum absolute atomic E-state index is 0.143. The van der Waals surface area contributed by atoms with Gasteiger partial charge in [-0.05, 0) is 67.3 Å². The topological polar surface area (TPSA) is 98.0 Å². The molecule has 5 nitrogen and oxygen atoms in total. The van der Waals surface area contributed by atoms with E-state index in [0.29, 0.717) is 42.6 Å². The molecule has 0 saturated heterocycles. The van der Waals surface area contributed by atoms with E-state index in [-0.39, 0.29) is 29.5 Å². The van der Waals surface area contributed by atoms with Crippen molar-refractivity contribution < 1.29 is 25.2 Å². The first-order valence-electron chi connectivity index (χ1n) is 13.1. The van der Waals surface area contributed by atoms with Crippen LogP contribution >= 0.6 is 0 Å². The van der Waals surface area contributed by atoms with Crippen molar-refractivity contribution in [2.24, 2.45) is 40.4 Å². The van der Waals surface area contributed by atoms with Gasteiger partial charge in [0.05, 0.1) is 17.8 Å². The fourth-order valence-corrected chi connectivity index (χ4v) is 8.86. The maximum absolute atomic E-state index is 14.0. The Bertz CT molecular complexity index is 921. The zero-order chi connectivity index (χ0) is 24.1. The Morgan fingerprint density at radius 1 is 1.12 bits per heavy atom. The van der Waals surface area contributed by atoms with Crippen LogP contribution in [0, 0.1) is 40.4 Å². The Morgan fingerprint density at radius 2 is 1.82 bits per heavy atom. The highest BCUT2D eigenvalue weighted by Crippen LogP contribution is 2.70. The van der Waals surface area contributed by atoms with Crippen molar-refractivity contribution in [3.8, 4) is 0 Å². The van der Waals surface area contributed by atoms with Crippen LogP contribution in [0.15, 0.2) is 23.3 Å². The minimum atomic E-state index is -1.72. The normalized spacial score (nSPS) is 50.7. The van der Waals surface area contributed by atoms with Gasteiger partial charge in [-0.3, -0.25) is 4.79 Å². The van der Waals surface area contributed by atoms with E-state index in [1.165, 1.54) is 5.57 Å². The van der Waals surface area contributed by atoms with Crippen LogP contribution in [-0.4, -0.2) is 49.6 Å². The summed E-state index contributed by atoms with van der Waals surface area (Å²) in [7, 11) is 0. The van der Waals surface area contributed by atoms with Gasteiger partial charge in [0.2, 0.25) is 0 Å². The highest BCUT2D eigenvalue weighted by atomic mass is 16.3. The summed E-state index contributed by atoms with van der Waals surface area (Å²) in [5.41, 5.74) is -2.57. The first kappa shape index (κ1) is 23.7. The Hall–Kier alpha value is -1.01. The van der Waals surface area contributed by atoms with Gasteiger partial charge in [0.1, 0.15) is 0 Å². The minimum Gasteiger partial charge on any atom is -0.393 e. The highest BCUT2D eigenvalue weighted by Gasteiger charge is 2.72. The van der Waals surface area contributed by atoms with Crippen molar-refractivity contribution in [3.63, 3.8) is 0 Å². The summed E-state index contributed by atoms with van der Waals surface area (Å²) in [5, 5.41) is 45.2. The highest BCUT2D eigenvalue weighted by molar-refractivity contribution is 5.96. The summed E-state index contributed by atoms with van der Waals surface area (Å²) in [6.45, 7) is 10.5. The van der Waals surface area contributed by atoms with Crippen molar-refractivity contribution in [1.29, 1.82) is 0 Å². The van der Waals surface area contributed by atoms with Gasteiger partial charge in [0, 0.05) is 23.7 Å². The molecule has 0 heterocycles. The number of carbonyl (C=O) groups excluding carboxylic acids is 1. The molecule has 4 N–H and O–H groups in total. The summed E-state index contributed by atoms with van der Waals surface area (Å²) >= 11 is 0. The van der Waals surface area contributed by atoms with Gasteiger partial charge in [0.15, 0.2) is 11.4 Å². The second-order valence-electron chi connectivity index (χ2n) is 12.8. The molecule has 0 aliphatic heterocycles. The molecular weight excluding hydrogens is 416 g/mol. The lowest BCUT2D eigenvalue weighted by Crippen LogP contribution is -2.70. The fourth-order valence-electron chi connectivity index (χ4n) is 8.86. The van der Waals surface area contributed by atoms with E-state index in [2.05, 4.69) is 27.7 Å². The van der Waals surface area contributed by atoms with Gasteiger partial charge in [0.25, 0.3) is 0 Å². The van der Waals surface area contributed by atoms with Crippen LogP contribution in [0.1, 0.15) is 79.6 Å². The average Bonchev–Trinajstić information content (AvgIpc) is 3.23. The van der Waals surface area contributed by atoms with Gasteiger partial charge < -0.3 is 20.4 Å². The SMILES string of the molecule is CC(C)[C@@H](C)[C@H](O)[C@@H]1CC23CC(=O)[C@]4(O)C(=C2CC[C@@H]3[C@@H]1C)C=C[C@]1(O)C[C@@H](O)CC[C@]41C. The molecule has 184 valence electrons. The molecular formula is C28H42O5. The first-order chi connectivity index (χ1) is 15.3. The van der Waals surface area contributed by atoms with Gasteiger partial charge in [-0.25, -0.2) is 0 Å². The molecule has 0 aromatic carbocycles. The van der Waals surface area contributed by atoms with Gasteiger partial charge in [-0.15, -0.1) is 0 Å². The number of hydrogen-bond acceptors (Lipinski definition) is 5. The standard InChI is InChI=1S/C28H42O5/c1-15(2)16(3)24(31)19-13-26-14-23(30)28(33)22(21(26)7-6-20(26)17(19)4)9-11-27(32)12-18(29)8-10-25(27,28)5/h9,11,15-20,24,29,31-33H,6-8,10,12-14H2,1-5H3/t16-,17-,18+,19-,20-,24+,25+,26?,27+,28-/m1/s1. The first-order valence-corrected chi connectivity index (χ1v) is 13.1. The second-order valence-corrected chi connectivity index (χ2v) is 12.8. The van der Waals surface area contributed by atoms with E-state index in [1.54, 1.807) is 6.08 Å². The average molecular weight is 459 g/mol. The number of ketones is 1. The summed E-state index contributed by atoms with van der Waals surface area (Å²) < 4.78 is 0. The molecule has 10 atom stereocenters. The molecule has 1 spiro atoms. The number of carbonyl (C=O) groups is 1. The quantitative estimate of drug-likeness (QED) is 0.519. The number of hydrogen-bond donors (Lipinski definition) is 4. The lowest BCUT2D eigenvalue weighted by molar-refractivity contribution is -0.199. The molecule has 5 rings (SSSR count). The van der Waals surface area contributed by atoms with E-state index in [9.17, 15) is 25.2 Å². The van der Waals surface area contributed by atoms with Crippen LogP contribution in [0.5, 0.6) is 0 Å². The third-order valence-electron chi connectivity index (χ3n) is 11.4. The summed E-state index contributed by atoms with van der Waals surface area (Å²) in [5.74, 6) is 1.20. The molecule has 0 aromatic heterocycles. The predicted octanol–water partition coefficient (Wildman–Crippen LogP) is 3.54. The van der Waals surface area contributed by atoms with Crippen molar-refractivity contribution in [2.75, 3.05) is 0 Å². The van der Waals surface area contributed by atoms with Crippen LogP contribution in [0.4, 0.5) is 0 Å². The smallest absolute Gasteiger partial charge is 0.170 e. The molecule has 33 heavy (non-hydrogen) atoms. The third kappa shape index (κ3) is 2.77. The lowest BCUT2D eigenvalue weighted by atomic mass is 9.46. The van der Waals surface area contributed by atoms with Crippen LogP contribution in [0.25, 0.3) is 0 Å². The largest absolute Gasteiger partial charge is 0.393 e. The number of Topliss-reactive ketones (excluding diaryl/α,β-unsaturated/α-hetero) is 1. The van der Waals surface area contributed by atoms with Crippen LogP contribution in [0.3, 0.4) is 0 Å². The maximum Gasteiger partial charge on any atom is 0.170 e. The van der Waals surface area contributed by atoms with E-state index >= 15 is 0 Å². The van der Waals surface area contributed by atoms with Gasteiger partial charge in [-0.1, -0.05) is 52.3 Å². The molecule has 0 amide bonds. The van der Waals surface area contributed by atoms with Crippen molar-refractivity contribution >= 4 is 5.78 Å². The molecule has 5 aliphatic rings. The van der Waals surface area contributed by atoms with Crippen molar-refractivity contribution in [2.45, 2.75) is 103 Å². The zero-order valence-corrected chi connectivity index (χ0v) is 20.8. The number of aliphatic hydroxyl groups excluding tert-OH is 2. The Morgan fingerprint density at radius 3 is 2.48 bits per heavy atom. The molecule has 3 saturated carbocycles. The number of allylic oxidation sites excluding steroid dienone is 1. The Kier molecular flexibility index (Phi) is 5.21. The summed E-state index contributed by atoms with van der Waals surface area (Å²) in [6.07, 6.45) is 6.47. The van der Waals surface area contributed by atoms with E-state index in [4.69, 9.17) is 0 Å². The number of aliphatic hydroxyl groups is 4. The lowest BCUT2D eigenvalue weighted by Gasteiger charge is -2.60. The number of rotatable bonds is 3. The van der Waals surface area contributed by atoms with E-state index < -0.39 is 28.8 Å². The predicted molar refractivity (Wildman–Crippen MR) is 126 cm³/mol.